The number of hydrogen-bond acceptors (Lipinski definition) is 7. The molecule has 1 aliphatic rings. The Morgan fingerprint density at radius 2 is 1.94 bits per heavy atom. The topological polar surface area (TPSA) is 94.5 Å². The van der Waals surface area contributed by atoms with Crippen molar-refractivity contribution in [3.05, 3.63) is 45.0 Å². The summed E-state index contributed by atoms with van der Waals surface area (Å²) in [5.74, 6) is -0.433. The molecule has 32 heavy (non-hydrogen) atoms. The van der Waals surface area contributed by atoms with Gasteiger partial charge in [0.15, 0.2) is 11.5 Å². The molecule has 0 spiro atoms. The summed E-state index contributed by atoms with van der Waals surface area (Å²) in [5, 5.41) is 22.0. The maximum Gasteiger partial charge on any atom is 0.346 e. The number of benzene rings is 2. The Labute approximate surface area is 192 Å². The number of halogens is 1. The highest BCUT2D eigenvalue weighted by Gasteiger charge is 2.32. The van der Waals surface area contributed by atoms with Gasteiger partial charge < -0.3 is 29.2 Å². The molecule has 1 aliphatic heterocycles. The summed E-state index contributed by atoms with van der Waals surface area (Å²) in [6.45, 7) is 7.70. The number of carbonyl (C=O) groups excluding carboxylic acids is 1. The second kappa shape index (κ2) is 9.17. The highest BCUT2D eigenvalue weighted by Crippen LogP contribution is 2.48. The molecule has 0 fully saturated rings. The maximum atomic E-state index is 13.0. The van der Waals surface area contributed by atoms with E-state index >= 15 is 0 Å². The summed E-state index contributed by atoms with van der Waals surface area (Å²) >= 11 is 6.52. The number of phenols is 1. The second-order valence-electron chi connectivity index (χ2n) is 9.03. The first kappa shape index (κ1) is 24.2. The van der Waals surface area contributed by atoms with Gasteiger partial charge in [0.2, 0.25) is 0 Å². The van der Waals surface area contributed by atoms with Crippen molar-refractivity contribution >= 4 is 17.6 Å². The Morgan fingerprint density at radius 3 is 2.53 bits per heavy atom. The van der Waals surface area contributed by atoms with Crippen LogP contribution in [0.3, 0.4) is 0 Å². The smallest absolute Gasteiger partial charge is 0.346 e. The molecule has 0 saturated heterocycles. The Bertz CT molecular complexity index is 1040. The van der Waals surface area contributed by atoms with Gasteiger partial charge in [-0.15, -0.1) is 0 Å². The molecule has 0 radical (unpaired) electrons. The standard InChI is InChI=1S/C24H29ClO7/c1-12-14(10-29-5)20(27)22-15(19(12)25)11-31-23(28)18-17(32-22)8-7-13(21(18)30-6)16(26)9-24(2,3)4/h7-8,16,26-27H,9-11H2,1-6H3. The Kier molecular flexibility index (Phi) is 6.93. The number of cyclic esters (lactones) is 1. The fourth-order valence-electron chi connectivity index (χ4n) is 3.83. The molecule has 2 N–H and O–H groups in total. The molecule has 8 heteroatoms. The van der Waals surface area contributed by atoms with E-state index in [9.17, 15) is 15.0 Å². The minimum Gasteiger partial charge on any atom is -0.504 e. The van der Waals surface area contributed by atoms with Gasteiger partial charge in [-0.25, -0.2) is 4.79 Å². The lowest BCUT2D eigenvalue weighted by Crippen LogP contribution is -2.17. The predicted molar refractivity (Wildman–Crippen MR) is 120 cm³/mol. The summed E-state index contributed by atoms with van der Waals surface area (Å²) in [4.78, 5) is 13.0. The summed E-state index contributed by atoms with van der Waals surface area (Å²) in [6.07, 6.45) is -0.406. The molecule has 2 aromatic rings. The molecule has 2 aromatic carbocycles. The van der Waals surface area contributed by atoms with Crippen LogP contribution in [0, 0.1) is 12.3 Å². The first-order chi connectivity index (χ1) is 15.0. The third-order valence-electron chi connectivity index (χ3n) is 5.39. The van der Waals surface area contributed by atoms with Crippen molar-refractivity contribution in [2.75, 3.05) is 14.2 Å². The van der Waals surface area contributed by atoms with Gasteiger partial charge in [-0.2, -0.15) is 0 Å². The molecule has 1 atom stereocenters. The minimum absolute atomic E-state index is 0.0352. The van der Waals surface area contributed by atoms with Crippen LogP contribution in [0.1, 0.15) is 65.9 Å². The van der Waals surface area contributed by atoms with Gasteiger partial charge in [-0.3, -0.25) is 0 Å². The van der Waals surface area contributed by atoms with Crippen LogP contribution in [-0.4, -0.2) is 30.4 Å². The van der Waals surface area contributed by atoms with Gasteiger partial charge in [0.25, 0.3) is 0 Å². The van der Waals surface area contributed by atoms with Crippen LogP contribution >= 0.6 is 11.6 Å². The van der Waals surface area contributed by atoms with E-state index in [0.29, 0.717) is 33.7 Å². The van der Waals surface area contributed by atoms with Gasteiger partial charge in [0.05, 0.1) is 30.4 Å². The van der Waals surface area contributed by atoms with E-state index in [1.165, 1.54) is 14.2 Å². The molecule has 0 bridgehead atoms. The van der Waals surface area contributed by atoms with E-state index in [1.54, 1.807) is 19.1 Å². The summed E-state index contributed by atoms with van der Waals surface area (Å²) in [7, 11) is 2.92. The molecule has 174 valence electrons. The Morgan fingerprint density at radius 1 is 1.25 bits per heavy atom. The average Bonchev–Trinajstić information content (AvgIpc) is 2.71. The molecule has 3 rings (SSSR count). The van der Waals surface area contributed by atoms with E-state index in [1.807, 2.05) is 20.8 Å². The lowest BCUT2D eigenvalue weighted by Gasteiger charge is -2.27. The zero-order valence-electron chi connectivity index (χ0n) is 19.2. The molecule has 7 nitrogen and oxygen atoms in total. The number of esters is 1. The number of aliphatic hydroxyl groups excluding tert-OH is 1. The molecule has 0 aliphatic carbocycles. The number of ether oxygens (including phenoxy) is 4. The fourth-order valence-corrected chi connectivity index (χ4v) is 4.08. The zero-order chi connectivity index (χ0) is 23.8. The third kappa shape index (κ3) is 4.51. The molecular formula is C24H29ClO7. The van der Waals surface area contributed by atoms with Crippen molar-refractivity contribution in [1.29, 1.82) is 0 Å². The van der Waals surface area contributed by atoms with Crippen molar-refractivity contribution in [3.8, 4) is 23.0 Å². The highest BCUT2D eigenvalue weighted by atomic mass is 35.5. The lowest BCUT2D eigenvalue weighted by molar-refractivity contribution is 0.0453. The summed E-state index contributed by atoms with van der Waals surface area (Å²) in [6, 6.07) is 3.20. The Hall–Kier alpha value is -2.48. The van der Waals surface area contributed by atoms with Gasteiger partial charge in [-0.05, 0) is 36.5 Å². The van der Waals surface area contributed by atoms with E-state index < -0.39 is 12.1 Å². The number of fused-ring (bicyclic) bond motifs is 2. The first-order valence-electron chi connectivity index (χ1n) is 10.3. The van der Waals surface area contributed by atoms with Crippen LogP contribution in [-0.2, 0) is 22.7 Å². The van der Waals surface area contributed by atoms with Crippen LogP contribution in [0.4, 0.5) is 0 Å². The van der Waals surface area contributed by atoms with Gasteiger partial charge >= 0.3 is 5.97 Å². The number of phenolic OH excluding ortho intramolecular Hbond substituents is 1. The summed E-state index contributed by atoms with van der Waals surface area (Å²) in [5.41, 5.74) is 1.79. The number of methoxy groups -OCH3 is 2. The van der Waals surface area contributed by atoms with Crippen molar-refractivity contribution in [2.45, 2.75) is 53.4 Å². The largest absolute Gasteiger partial charge is 0.504 e. The quantitative estimate of drug-likeness (QED) is 0.569. The van der Waals surface area contributed by atoms with E-state index in [0.717, 1.165) is 0 Å². The predicted octanol–water partition coefficient (Wildman–Crippen LogP) is 5.44. The van der Waals surface area contributed by atoms with Crippen molar-refractivity contribution in [1.82, 2.24) is 0 Å². The van der Waals surface area contributed by atoms with Crippen molar-refractivity contribution in [2.24, 2.45) is 5.41 Å². The van der Waals surface area contributed by atoms with E-state index in [4.69, 9.17) is 30.5 Å². The number of aliphatic hydroxyl groups is 1. The van der Waals surface area contributed by atoms with Gasteiger partial charge in [-0.1, -0.05) is 32.4 Å². The minimum atomic E-state index is -0.862. The van der Waals surface area contributed by atoms with Crippen molar-refractivity contribution < 1.29 is 34.0 Å². The van der Waals surface area contributed by atoms with Crippen LogP contribution in [0.15, 0.2) is 12.1 Å². The normalized spacial score (nSPS) is 14.4. The van der Waals surface area contributed by atoms with E-state index in [2.05, 4.69) is 0 Å². The zero-order valence-corrected chi connectivity index (χ0v) is 19.9. The second-order valence-corrected chi connectivity index (χ2v) is 9.40. The van der Waals surface area contributed by atoms with Gasteiger partial charge in [0.1, 0.15) is 23.7 Å². The third-order valence-corrected chi connectivity index (χ3v) is 5.90. The molecule has 0 aromatic heterocycles. The molecule has 0 saturated carbocycles. The average molecular weight is 465 g/mol. The Balaban J connectivity index is 2.18. The van der Waals surface area contributed by atoms with E-state index in [-0.39, 0.29) is 47.2 Å². The van der Waals surface area contributed by atoms with Crippen LogP contribution in [0.2, 0.25) is 5.02 Å². The fraction of sp³-hybridized carbons (Fsp3) is 0.458. The number of hydrogen-bond donors (Lipinski definition) is 2. The first-order valence-corrected chi connectivity index (χ1v) is 10.6. The van der Waals surface area contributed by atoms with Crippen LogP contribution < -0.4 is 9.47 Å². The van der Waals surface area contributed by atoms with Crippen LogP contribution in [0.5, 0.6) is 23.0 Å². The SMILES string of the molecule is COCc1c(C)c(Cl)c2c(c1O)Oc1ccc(C(O)CC(C)(C)C)c(OC)c1C(=O)OC2. The number of rotatable bonds is 5. The number of carbonyl (C=O) groups is 1. The van der Waals surface area contributed by atoms with Crippen molar-refractivity contribution in [3.63, 3.8) is 0 Å². The van der Waals surface area contributed by atoms with Gasteiger partial charge in [0, 0.05) is 18.2 Å². The number of aromatic hydroxyl groups is 1. The molecular weight excluding hydrogens is 436 g/mol. The summed E-state index contributed by atoms with van der Waals surface area (Å²) < 4.78 is 22.2. The molecule has 0 amide bonds. The maximum absolute atomic E-state index is 13.0. The van der Waals surface area contributed by atoms with Crippen LogP contribution in [0.25, 0.3) is 0 Å². The lowest BCUT2D eigenvalue weighted by atomic mass is 9.86. The molecule has 1 heterocycles. The monoisotopic (exact) mass is 464 g/mol. The highest BCUT2D eigenvalue weighted by molar-refractivity contribution is 6.32. The molecule has 1 unspecified atom stereocenters.